The van der Waals surface area contributed by atoms with E-state index in [-0.39, 0.29) is 16.6 Å². The Hall–Kier alpha value is -3.01. The highest BCUT2D eigenvalue weighted by atomic mass is 35.5. The third-order valence-electron chi connectivity index (χ3n) is 4.22. The summed E-state index contributed by atoms with van der Waals surface area (Å²) in [7, 11) is 0. The Labute approximate surface area is 184 Å². The molecule has 6 nitrogen and oxygen atoms in total. The van der Waals surface area contributed by atoms with Crippen LogP contribution in [0.25, 0.3) is 17.4 Å². The van der Waals surface area contributed by atoms with Crippen molar-refractivity contribution in [2.24, 2.45) is 0 Å². The van der Waals surface area contributed by atoms with Gasteiger partial charge in [-0.1, -0.05) is 35.6 Å². The first-order valence-corrected chi connectivity index (χ1v) is 10.0. The summed E-state index contributed by atoms with van der Waals surface area (Å²) in [4.78, 5) is 24.8. The molecule has 3 aromatic rings. The minimum absolute atomic E-state index is 0.0191. The molecule has 2 heterocycles. The summed E-state index contributed by atoms with van der Waals surface area (Å²) in [6, 6.07) is 13.1. The molecule has 1 aliphatic heterocycles. The predicted octanol–water partition coefficient (Wildman–Crippen LogP) is 6.05. The topological polar surface area (TPSA) is 76.6 Å². The van der Waals surface area contributed by atoms with Gasteiger partial charge in [-0.2, -0.15) is 0 Å². The summed E-state index contributed by atoms with van der Waals surface area (Å²) in [6.45, 7) is 0. The molecule has 1 aromatic heterocycles. The highest BCUT2D eigenvalue weighted by Gasteiger charge is 2.33. The van der Waals surface area contributed by atoms with Crippen molar-refractivity contribution in [3.05, 3.63) is 86.2 Å². The lowest BCUT2D eigenvalue weighted by Crippen LogP contribution is -2.27. The van der Waals surface area contributed by atoms with Crippen LogP contribution in [0.15, 0.2) is 63.9 Å². The minimum Gasteiger partial charge on any atom is -0.457 e. The van der Waals surface area contributed by atoms with Crippen molar-refractivity contribution in [3.8, 4) is 11.3 Å². The van der Waals surface area contributed by atoms with Crippen LogP contribution in [0.1, 0.15) is 5.76 Å². The van der Waals surface area contributed by atoms with E-state index in [1.807, 2.05) is 0 Å². The standard InChI is InChI=1S/C20H10ClFN2O4S2/c21-15-9-11(1-7-16(15)22)17-8-6-14(28-17)10-18-19(25)23(20(29)30-18)12-2-4-13(5-3-12)24(26)27/h1-10H/b18-10+. The number of rotatable bonds is 4. The van der Waals surface area contributed by atoms with E-state index in [1.165, 1.54) is 47.4 Å². The summed E-state index contributed by atoms with van der Waals surface area (Å²) in [6.07, 6.45) is 1.55. The van der Waals surface area contributed by atoms with E-state index >= 15 is 0 Å². The fraction of sp³-hybridized carbons (Fsp3) is 0. The van der Waals surface area contributed by atoms with E-state index in [9.17, 15) is 19.3 Å². The Morgan fingerprint density at radius 3 is 2.57 bits per heavy atom. The number of furan rings is 1. The number of non-ortho nitro benzene ring substituents is 1. The lowest BCUT2D eigenvalue weighted by atomic mass is 10.2. The molecule has 2 aromatic carbocycles. The number of nitrogens with zero attached hydrogens (tertiary/aromatic N) is 2. The smallest absolute Gasteiger partial charge is 0.270 e. The molecule has 1 amide bonds. The molecule has 0 atom stereocenters. The van der Waals surface area contributed by atoms with E-state index in [0.29, 0.717) is 32.0 Å². The second kappa shape index (κ2) is 8.02. The summed E-state index contributed by atoms with van der Waals surface area (Å²) < 4.78 is 19.4. The van der Waals surface area contributed by atoms with Gasteiger partial charge in [0.1, 0.15) is 17.3 Å². The van der Waals surface area contributed by atoms with Gasteiger partial charge in [0, 0.05) is 23.8 Å². The number of carbonyl (C=O) groups excluding carboxylic acids is 1. The van der Waals surface area contributed by atoms with E-state index < -0.39 is 10.7 Å². The molecule has 30 heavy (non-hydrogen) atoms. The number of nitro groups is 1. The molecule has 1 fully saturated rings. The molecule has 0 radical (unpaired) electrons. The van der Waals surface area contributed by atoms with Crippen molar-refractivity contribution >= 4 is 63.3 Å². The average molecular weight is 461 g/mol. The zero-order valence-electron chi connectivity index (χ0n) is 14.9. The molecule has 0 aliphatic carbocycles. The molecule has 0 bridgehead atoms. The lowest BCUT2D eigenvalue weighted by Gasteiger charge is -2.13. The van der Waals surface area contributed by atoms with Crippen LogP contribution in [0.2, 0.25) is 5.02 Å². The Balaban J connectivity index is 1.58. The Kier molecular flexibility index (Phi) is 5.42. The van der Waals surface area contributed by atoms with Crippen LogP contribution in [-0.4, -0.2) is 15.2 Å². The van der Waals surface area contributed by atoms with Crippen LogP contribution < -0.4 is 4.90 Å². The second-order valence-electron chi connectivity index (χ2n) is 6.12. The van der Waals surface area contributed by atoms with Crippen molar-refractivity contribution in [3.63, 3.8) is 0 Å². The Morgan fingerprint density at radius 1 is 1.17 bits per heavy atom. The molecular formula is C20H10ClFN2O4S2. The number of hydrogen-bond acceptors (Lipinski definition) is 6. The largest absolute Gasteiger partial charge is 0.457 e. The van der Waals surface area contributed by atoms with Crippen molar-refractivity contribution in [1.82, 2.24) is 0 Å². The maximum Gasteiger partial charge on any atom is 0.270 e. The van der Waals surface area contributed by atoms with Gasteiger partial charge in [0.2, 0.25) is 0 Å². The highest BCUT2D eigenvalue weighted by Crippen LogP contribution is 2.37. The van der Waals surface area contributed by atoms with E-state index in [4.69, 9.17) is 28.2 Å². The van der Waals surface area contributed by atoms with Gasteiger partial charge in [-0.25, -0.2) is 4.39 Å². The molecule has 0 N–H and O–H groups in total. The quantitative estimate of drug-likeness (QED) is 0.204. The normalized spacial score (nSPS) is 15.3. The summed E-state index contributed by atoms with van der Waals surface area (Å²) in [5.41, 5.74) is 0.954. The maximum absolute atomic E-state index is 13.3. The van der Waals surface area contributed by atoms with Gasteiger partial charge in [0.05, 0.1) is 20.5 Å². The average Bonchev–Trinajstić information content (AvgIpc) is 3.29. The predicted molar refractivity (Wildman–Crippen MR) is 118 cm³/mol. The van der Waals surface area contributed by atoms with E-state index in [0.717, 1.165) is 11.8 Å². The first-order chi connectivity index (χ1) is 14.3. The number of benzene rings is 2. The van der Waals surface area contributed by atoms with Crippen LogP contribution in [0.3, 0.4) is 0 Å². The number of nitro benzene ring substituents is 1. The van der Waals surface area contributed by atoms with Crippen molar-refractivity contribution in [1.29, 1.82) is 0 Å². The fourth-order valence-electron chi connectivity index (χ4n) is 2.78. The number of carbonyl (C=O) groups is 1. The van der Waals surface area contributed by atoms with Gasteiger partial charge in [-0.05, 0) is 42.5 Å². The summed E-state index contributed by atoms with van der Waals surface area (Å²) in [5.74, 6) is -0.00705. The lowest BCUT2D eigenvalue weighted by molar-refractivity contribution is -0.384. The number of halogens is 2. The van der Waals surface area contributed by atoms with E-state index in [1.54, 1.807) is 18.2 Å². The molecular weight excluding hydrogens is 451 g/mol. The summed E-state index contributed by atoms with van der Waals surface area (Å²) >= 11 is 12.2. The fourth-order valence-corrected chi connectivity index (χ4v) is 4.24. The number of hydrogen-bond donors (Lipinski definition) is 0. The zero-order valence-corrected chi connectivity index (χ0v) is 17.3. The van der Waals surface area contributed by atoms with Crippen molar-refractivity contribution in [2.45, 2.75) is 0 Å². The second-order valence-corrected chi connectivity index (χ2v) is 8.20. The van der Waals surface area contributed by atoms with Crippen molar-refractivity contribution < 1.29 is 18.5 Å². The molecule has 0 saturated carbocycles. The van der Waals surface area contributed by atoms with Crippen molar-refractivity contribution in [2.75, 3.05) is 4.90 Å². The third-order valence-corrected chi connectivity index (χ3v) is 5.81. The number of anilines is 1. The SMILES string of the molecule is O=C1/C(=C\c2ccc(-c3ccc(F)c(Cl)c3)o2)SC(=S)N1c1ccc([N+](=O)[O-])cc1. The first-order valence-electron chi connectivity index (χ1n) is 8.41. The third kappa shape index (κ3) is 3.87. The molecule has 10 heteroatoms. The number of amides is 1. The zero-order chi connectivity index (χ0) is 21.4. The Bertz CT molecular complexity index is 1220. The molecule has 4 rings (SSSR count). The van der Waals surface area contributed by atoms with Gasteiger partial charge in [0.15, 0.2) is 4.32 Å². The van der Waals surface area contributed by atoms with Crippen LogP contribution in [0, 0.1) is 15.9 Å². The highest BCUT2D eigenvalue weighted by molar-refractivity contribution is 8.27. The monoisotopic (exact) mass is 460 g/mol. The number of thiocarbonyl (C=S) groups is 1. The first kappa shape index (κ1) is 20.3. The van der Waals surface area contributed by atoms with Gasteiger partial charge in [-0.3, -0.25) is 19.8 Å². The van der Waals surface area contributed by atoms with Crippen LogP contribution in [-0.2, 0) is 4.79 Å². The Morgan fingerprint density at radius 2 is 1.90 bits per heavy atom. The van der Waals surface area contributed by atoms with Gasteiger partial charge >= 0.3 is 0 Å². The maximum atomic E-state index is 13.3. The molecule has 0 spiro atoms. The van der Waals surface area contributed by atoms with Gasteiger partial charge in [-0.15, -0.1) is 0 Å². The molecule has 150 valence electrons. The summed E-state index contributed by atoms with van der Waals surface area (Å²) in [5, 5.41) is 10.8. The van der Waals surface area contributed by atoms with Crippen LogP contribution >= 0.6 is 35.6 Å². The van der Waals surface area contributed by atoms with Gasteiger partial charge < -0.3 is 4.42 Å². The molecule has 1 aliphatic rings. The minimum atomic E-state index is -0.526. The van der Waals surface area contributed by atoms with Gasteiger partial charge in [0.25, 0.3) is 11.6 Å². The molecule has 1 saturated heterocycles. The molecule has 0 unspecified atom stereocenters. The van der Waals surface area contributed by atoms with Crippen LogP contribution in [0.4, 0.5) is 15.8 Å². The number of thioether (sulfide) groups is 1. The van der Waals surface area contributed by atoms with Crippen LogP contribution in [0.5, 0.6) is 0 Å². The van der Waals surface area contributed by atoms with E-state index in [2.05, 4.69) is 0 Å².